The van der Waals surface area contributed by atoms with E-state index in [0.717, 1.165) is 29.5 Å². The molecule has 0 atom stereocenters. The minimum Gasteiger partial charge on any atom is -0.454 e. The van der Waals surface area contributed by atoms with Gasteiger partial charge in [0.25, 0.3) is 0 Å². The Morgan fingerprint density at radius 2 is 2.10 bits per heavy atom. The van der Waals surface area contributed by atoms with Crippen molar-refractivity contribution in [2.24, 2.45) is 0 Å². The highest BCUT2D eigenvalue weighted by Crippen LogP contribution is 2.47. The molecule has 1 saturated carbocycles. The first-order valence-corrected chi connectivity index (χ1v) is 9.98. The number of halogens is 2. The zero-order chi connectivity index (χ0) is 20.7. The van der Waals surface area contributed by atoms with Crippen molar-refractivity contribution in [3.8, 4) is 17.6 Å². The molecule has 0 unspecified atom stereocenters. The van der Waals surface area contributed by atoms with Crippen molar-refractivity contribution in [3.05, 3.63) is 81.9 Å². The van der Waals surface area contributed by atoms with Crippen LogP contribution in [0.3, 0.4) is 0 Å². The Labute approximate surface area is 177 Å². The van der Waals surface area contributed by atoms with Gasteiger partial charge in [-0.2, -0.15) is 10.4 Å². The Morgan fingerprint density at radius 1 is 1.23 bits per heavy atom. The highest BCUT2D eigenvalue weighted by Gasteiger charge is 2.30. The second kappa shape index (κ2) is 7.43. The number of ether oxygens (including phenoxy) is 1. The van der Waals surface area contributed by atoms with Crippen molar-refractivity contribution in [3.63, 3.8) is 0 Å². The fourth-order valence-corrected chi connectivity index (χ4v) is 3.73. The minimum atomic E-state index is -0.403. The van der Waals surface area contributed by atoms with E-state index in [1.54, 1.807) is 18.3 Å². The number of nitrogens with one attached hydrogen (secondary N) is 1. The van der Waals surface area contributed by atoms with Crippen molar-refractivity contribution in [1.82, 2.24) is 15.2 Å². The number of nitriles is 1. The summed E-state index contributed by atoms with van der Waals surface area (Å²) < 4.78 is 21.6. The van der Waals surface area contributed by atoms with Crippen LogP contribution in [0, 0.1) is 17.1 Å². The van der Waals surface area contributed by atoms with E-state index in [1.807, 2.05) is 30.3 Å². The molecule has 1 fully saturated rings. The number of fused-ring (bicyclic) bond motifs is 1. The van der Waals surface area contributed by atoms with E-state index in [-0.39, 0.29) is 11.3 Å². The van der Waals surface area contributed by atoms with Gasteiger partial charge in [0.2, 0.25) is 0 Å². The summed E-state index contributed by atoms with van der Waals surface area (Å²) in [5, 5.41) is 17.6. The lowest BCUT2D eigenvalue weighted by molar-refractivity contribution is 0.433. The van der Waals surface area contributed by atoms with Gasteiger partial charge in [-0.25, -0.2) is 9.37 Å². The van der Waals surface area contributed by atoms with Crippen LogP contribution in [0.4, 0.5) is 4.39 Å². The molecule has 148 valence electrons. The van der Waals surface area contributed by atoms with Gasteiger partial charge in [-0.05, 0) is 48.6 Å². The molecule has 1 N–H and O–H groups in total. The molecule has 0 aliphatic heterocycles. The molecule has 0 amide bonds. The molecule has 0 saturated heterocycles. The van der Waals surface area contributed by atoms with Crippen LogP contribution in [0.25, 0.3) is 11.0 Å². The number of aromatic amines is 1. The molecule has 2 heterocycles. The summed E-state index contributed by atoms with van der Waals surface area (Å²) in [7, 11) is 0. The summed E-state index contributed by atoms with van der Waals surface area (Å²) in [4.78, 5) is 4.21. The summed E-state index contributed by atoms with van der Waals surface area (Å²) in [6.45, 7) is 0. The van der Waals surface area contributed by atoms with Gasteiger partial charge >= 0.3 is 0 Å². The van der Waals surface area contributed by atoms with Gasteiger partial charge in [-0.15, -0.1) is 0 Å². The van der Waals surface area contributed by atoms with Gasteiger partial charge in [0, 0.05) is 35.3 Å². The molecule has 1 aliphatic carbocycles. The number of H-pyrrole nitrogens is 1. The Kier molecular flexibility index (Phi) is 4.61. The highest BCUT2D eigenvalue weighted by molar-refractivity contribution is 6.31. The molecule has 4 aromatic rings. The number of benzene rings is 2. The van der Waals surface area contributed by atoms with Crippen molar-refractivity contribution in [2.75, 3.05) is 0 Å². The quantitative estimate of drug-likeness (QED) is 0.439. The van der Waals surface area contributed by atoms with Crippen LogP contribution in [0.2, 0.25) is 5.02 Å². The van der Waals surface area contributed by atoms with E-state index in [1.165, 1.54) is 6.07 Å². The van der Waals surface area contributed by atoms with E-state index >= 15 is 4.39 Å². The van der Waals surface area contributed by atoms with Gasteiger partial charge in [0.1, 0.15) is 11.8 Å². The van der Waals surface area contributed by atoms with Crippen LogP contribution in [0.1, 0.15) is 41.1 Å². The molecule has 5 rings (SSSR count). The molecular weight excluding hydrogens is 403 g/mol. The number of hydrogen-bond acceptors (Lipinski definition) is 4. The summed E-state index contributed by atoms with van der Waals surface area (Å²) in [5.41, 5.74) is 3.03. The number of hydrogen-bond donors (Lipinski definition) is 1. The Bertz CT molecular complexity index is 1310. The number of rotatable bonds is 5. The smallest absolute Gasteiger partial charge is 0.181 e. The van der Waals surface area contributed by atoms with Crippen molar-refractivity contribution < 1.29 is 9.13 Å². The molecular formula is C23H16ClFN4O. The fraction of sp³-hybridized carbons (Fsp3) is 0.174. The van der Waals surface area contributed by atoms with Gasteiger partial charge in [-0.3, -0.25) is 5.10 Å². The van der Waals surface area contributed by atoms with Crippen molar-refractivity contribution in [2.45, 2.75) is 25.2 Å². The lowest BCUT2D eigenvalue weighted by Crippen LogP contribution is -2.01. The molecule has 30 heavy (non-hydrogen) atoms. The average Bonchev–Trinajstić information content (AvgIpc) is 3.53. The van der Waals surface area contributed by atoms with Gasteiger partial charge in [-0.1, -0.05) is 23.7 Å². The maximum atomic E-state index is 15.6. The van der Waals surface area contributed by atoms with Crippen LogP contribution >= 0.6 is 11.6 Å². The molecule has 0 spiro atoms. The second-order valence-corrected chi connectivity index (χ2v) is 7.75. The Balaban J connectivity index is 1.54. The van der Waals surface area contributed by atoms with E-state index in [2.05, 4.69) is 15.2 Å². The number of pyridine rings is 1. The van der Waals surface area contributed by atoms with Crippen LogP contribution in [0.15, 0.2) is 48.7 Å². The summed E-state index contributed by atoms with van der Waals surface area (Å²) >= 11 is 6.01. The molecule has 0 bridgehead atoms. The molecule has 2 aromatic heterocycles. The normalized spacial score (nSPS) is 13.4. The monoisotopic (exact) mass is 418 g/mol. The maximum absolute atomic E-state index is 15.6. The third-order valence-electron chi connectivity index (χ3n) is 5.28. The number of nitrogens with zero attached hydrogens (tertiary/aromatic N) is 3. The summed E-state index contributed by atoms with van der Waals surface area (Å²) in [5.74, 6) is 0.483. The first kappa shape index (κ1) is 18.6. The maximum Gasteiger partial charge on any atom is 0.181 e. The molecule has 7 heteroatoms. The van der Waals surface area contributed by atoms with Crippen molar-refractivity contribution >= 4 is 22.6 Å². The van der Waals surface area contributed by atoms with E-state index in [4.69, 9.17) is 16.3 Å². The Morgan fingerprint density at radius 3 is 2.90 bits per heavy atom. The van der Waals surface area contributed by atoms with E-state index in [9.17, 15) is 5.26 Å². The minimum absolute atomic E-state index is 0.211. The largest absolute Gasteiger partial charge is 0.454 e. The van der Waals surface area contributed by atoms with Gasteiger partial charge in [0.05, 0.1) is 10.6 Å². The van der Waals surface area contributed by atoms with Crippen LogP contribution in [-0.2, 0) is 6.42 Å². The third kappa shape index (κ3) is 3.38. The van der Waals surface area contributed by atoms with E-state index < -0.39 is 5.82 Å². The van der Waals surface area contributed by atoms with Gasteiger partial charge in [0.15, 0.2) is 17.2 Å². The molecule has 0 radical (unpaired) electrons. The average molecular weight is 419 g/mol. The highest BCUT2D eigenvalue weighted by atomic mass is 35.5. The zero-order valence-corrected chi connectivity index (χ0v) is 16.6. The zero-order valence-electron chi connectivity index (χ0n) is 15.8. The standard InChI is InChI=1S/C23H16ClFN4O/c24-19-8-6-16(10-15(19)12-26)30-22-17(13-3-4-13)7-5-14(21(22)25)11-20-18-2-1-9-27-23(18)29-28-20/h1-2,5-10,13H,3-4,11H2,(H,27,28,29). The molecule has 2 aromatic carbocycles. The summed E-state index contributed by atoms with van der Waals surface area (Å²) in [6.07, 6.45) is 4.02. The lowest BCUT2D eigenvalue weighted by Gasteiger charge is -2.15. The molecule has 1 aliphatic rings. The van der Waals surface area contributed by atoms with E-state index in [0.29, 0.717) is 34.3 Å². The lowest BCUT2D eigenvalue weighted by atomic mass is 10.0. The first-order valence-electron chi connectivity index (χ1n) is 9.61. The predicted molar refractivity (Wildman–Crippen MR) is 111 cm³/mol. The fourth-order valence-electron chi connectivity index (χ4n) is 3.57. The molecule has 5 nitrogen and oxygen atoms in total. The summed E-state index contributed by atoms with van der Waals surface area (Å²) in [6, 6.07) is 14.2. The van der Waals surface area contributed by atoms with Crippen LogP contribution < -0.4 is 4.74 Å². The number of aromatic nitrogens is 3. The first-order chi connectivity index (χ1) is 14.6. The third-order valence-corrected chi connectivity index (χ3v) is 5.61. The van der Waals surface area contributed by atoms with Crippen molar-refractivity contribution in [1.29, 1.82) is 5.26 Å². The SMILES string of the molecule is N#Cc1cc(Oc2c(C3CC3)ccc(Cc3[nH]nc4ncccc34)c2F)ccc1Cl. The van der Waals surface area contributed by atoms with Crippen LogP contribution in [-0.4, -0.2) is 15.2 Å². The second-order valence-electron chi connectivity index (χ2n) is 7.34. The predicted octanol–water partition coefficient (Wildman–Crippen LogP) is 5.88. The van der Waals surface area contributed by atoms with Crippen LogP contribution in [0.5, 0.6) is 11.5 Å². The topological polar surface area (TPSA) is 74.6 Å². The van der Waals surface area contributed by atoms with Gasteiger partial charge < -0.3 is 4.74 Å². The Hall–Kier alpha value is -3.43.